The summed E-state index contributed by atoms with van der Waals surface area (Å²) >= 11 is 1.00. The van der Waals surface area contributed by atoms with Gasteiger partial charge in [-0.25, -0.2) is 8.42 Å². The molecule has 3 aromatic rings. The van der Waals surface area contributed by atoms with E-state index >= 15 is 0 Å². The number of nitrogens with zero attached hydrogens (tertiary/aromatic N) is 4. The third-order valence-electron chi connectivity index (χ3n) is 4.09. The van der Waals surface area contributed by atoms with Crippen LogP contribution in [0, 0.1) is 5.92 Å². The highest BCUT2D eigenvalue weighted by atomic mass is 32.2. The first-order valence-corrected chi connectivity index (χ1v) is 9.60. The smallest absolute Gasteiger partial charge is 0.264 e. The fraction of sp³-hybridized carbons (Fsp3) is 0.357. The fourth-order valence-electron chi connectivity index (χ4n) is 2.66. The SMILES string of the molecule is O=S(=O)(Nc1cnn(CC2CCC2)c1)c1cccc2nsnc12. The minimum atomic E-state index is -3.72. The van der Waals surface area contributed by atoms with Gasteiger partial charge in [-0.2, -0.15) is 13.8 Å². The highest BCUT2D eigenvalue weighted by Gasteiger charge is 2.21. The zero-order valence-electron chi connectivity index (χ0n) is 12.2. The summed E-state index contributed by atoms with van der Waals surface area (Å²) in [5, 5.41) is 4.23. The van der Waals surface area contributed by atoms with Crippen LogP contribution < -0.4 is 4.72 Å². The van der Waals surface area contributed by atoms with Crippen molar-refractivity contribution in [3.63, 3.8) is 0 Å². The maximum atomic E-state index is 12.6. The summed E-state index contributed by atoms with van der Waals surface area (Å²) in [6.45, 7) is 0.841. The van der Waals surface area contributed by atoms with Crippen LogP contribution in [0.5, 0.6) is 0 Å². The third kappa shape index (κ3) is 2.81. The van der Waals surface area contributed by atoms with E-state index in [1.54, 1.807) is 23.0 Å². The summed E-state index contributed by atoms with van der Waals surface area (Å²) in [5.74, 6) is 0.661. The zero-order chi connectivity index (χ0) is 15.9. The van der Waals surface area contributed by atoms with Gasteiger partial charge in [-0.15, -0.1) is 0 Å². The van der Waals surface area contributed by atoms with Gasteiger partial charge in [-0.05, 0) is 30.9 Å². The predicted molar refractivity (Wildman–Crippen MR) is 87.8 cm³/mol. The molecule has 0 spiro atoms. The van der Waals surface area contributed by atoms with Crippen LogP contribution in [0.2, 0.25) is 0 Å². The standard InChI is InChI=1S/C14H15N5O2S2/c20-23(21,13-6-2-5-12-14(13)17-22-16-12)18-11-7-15-19(9-11)8-10-3-1-4-10/h2,5-7,9-10,18H,1,3-4,8H2. The van der Waals surface area contributed by atoms with Gasteiger partial charge in [-0.1, -0.05) is 12.5 Å². The lowest BCUT2D eigenvalue weighted by molar-refractivity contribution is 0.266. The molecular weight excluding hydrogens is 334 g/mol. The largest absolute Gasteiger partial charge is 0.276 e. The Bertz CT molecular complexity index is 943. The van der Waals surface area contributed by atoms with Gasteiger partial charge in [0.05, 0.1) is 23.6 Å². The summed E-state index contributed by atoms with van der Waals surface area (Å²) in [5.41, 5.74) is 1.44. The maximum absolute atomic E-state index is 12.6. The van der Waals surface area contributed by atoms with E-state index in [-0.39, 0.29) is 4.90 Å². The van der Waals surface area contributed by atoms with E-state index in [0.29, 0.717) is 22.6 Å². The molecule has 2 heterocycles. The van der Waals surface area contributed by atoms with Crippen molar-refractivity contribution in [2.24, 2.45) is 5.92 Å². The van der Waals surface area contributed by atoms with E-state index in [2.05, 4.69) is 18.6 Å². The Labute approximate surface area is 137 Å². The average Bonchev–Trinajstić information content (AvgIpc) is 3.10. The monoisotopic (exact) mass is 349 g/mol. The Morgan fingerprint density at radius 2 is 2.17 bits per heavy atom. The van der Waals surface area contributed by atoms with Crippen molar-refractivity contribution in [3.05, 3.63) is 30.6 Å². The minimum Gasteiger partial charge on any atom is -0.276 e. The van der Waals surface area contributed by atoms with E-state index in [4.69, 9.17) is 0 Å². The van der Waals surface area contributed by atoms with Gasteiger partial charge in [0.2, 0.25) is 0 Å². The first kappa shape index (κ1) is 14.6. The molecule has 0 radical (unpaired) electrons. The van der Waals surface area contributed by atoms with Crippen LogP contribution in [-0.2, 0) is 16.6 Å². The number of anilines is 1. The minimum absolute atomic E-state index is 0.135. The zero-order valence-corrected chi connectivity index (χ0v) is 13.8. The number of nitrogens with one attached hydrogen (secondary N) is 1. The van der Waals surface area contributed by atoms with Crippen molar-refractivity contribution in [2.75, 3.05) is 4.72 Å². The summed E-state index contributed by atoms with van der Waals surface area (Å²) in [6, 6.07) is 4.94. The fourth-order valence-corrected chi connectivity index (χ4v) is 4.46. The number of fused-ring (bicyclic) bond motifs is 1. The van der Waals surface area contributed by atoms with Gasteiger partial charge in [0.25, 0.3) is 10.0 Å². The molecule has 9 heteroatoms. The first-order valence-electron chi connectivity index (χ1n) is 7.38. The lowest BCUT2D eigenvalue weighted by Gasteiger charge is -2.24. The van der Waals surface area contributed by atoms with Crippen molar-refractivity contribution < 1.29 is 8.42 Å². The molecule has 0 saturated heterocycles. The van der Waals surface area contributed by atoms with Crippen LogP contribution in [-0.4, -0.2) is 26.9 Å². The Kier molecular flexibility index (Phi) is 3.53. The highest BCUT2D eigenvalue weighted by Crippen LogP contribution is 2.28. The second kappa shape index (κ2) is 5.57. The molecule has 0 aliphatic heterocycles. The highest BCUT2D eigenvalue weighted by molar-refractivity contribution is 7.93. The Hall–Kier alpha value is -2.00. The van der Waals surface area contributed by atoms with Gasteiger partial charge in [-0.3, -0.25) is 9.40 Å². The number of benzene rings is 1. The lowest BCUT2D eigenvalue weighted by Crippen LogP contribution is -2.18. The van der Waals surface area contributed by atoms with E-state index in [1.165, 1.54) is 31.5 Å². The van der Waals surface area contributed by atoms with Gasteiger partial charge in [0.15, 0.2) is 0 Å². The summed E-state index contributed by atoms with van der Waals surface area (Å²) in [7, 11) is -3.72. The number of hydrogen-bond acceptors (Lipinski definition) is 6. The average molecular weight is 349 g/mol. The van der Waals surface area contributed by atoms with Crippen LogP contribution in [0.3, 0.4) is 0 Å². The molecule has 0 atom stereocenters. The summed E-state index contributed by atoms with van der Waals surface area (Å²) < 4.78 is 37.7. The number of rotatable bonds is 5. The maximum Gasteiger partial charge on any atom is 0.264 e. The van der Waals surface area contributed by atoms with Crippen molar-refractivity contribution >= 4 is 38.5 Å². The van der Waals surface area contributed by atoms with Crippen molar-refractivity contribution in [3.8, 4) is 0 Å². The summed E-state index contributed by atoms with van der Waals surface area (Å²) in [6.07, 6.45) is 6.99. The molecule has 7 nitrogen and oxygen atoms in total. The Morgan fingerprint density at radius 1 is 1.30 bits per heavy atom. The molecule has 1 aliphatic carbocycles. The molecule has 1 aliphatic rings. The molecule has 2 aromatic heterocycles. The molecule has 120 valence electrons. The molecule has 0 bridgehead atoms. The van der Waals surface area contributed by atoms with Gasteiger partial charge in [0, 0.05) is 12.7 Å². The van der Waals surface area contributed by atoms with Crippen LogP contribution >= 0.6 is 11.7 Å². The predicted octanol–water partition coefficient (Wildman–Crippen LogP) is 2.49. The number of aromatic nitrogens is 4. The third-order valence-corrected chi connectivity index (χ3v) is 6.05. The molecule has 0 amide bonds. The molecular formula is C14H15N5O2S2. The van der Waals surface area contributed by atoms with E-state index in [0.717, 1.165) is 18.3 Å². The molecule has 4 rings (SSSR count). The van der Waals surface area contributed by atoms with Gasteiger partial charge in [0.1, 0.15) is 15.9 Å². The second-order valence-corrected chi connectivity index (χ2v) is 7.92. The van der Waals surface area contributed by atoms with Crippen LogP contribution in [0.1, 0.15) is 19.3 Å². The molecule has 0 unspecified atom stereocenters. The van der Waals surface area contributed by atoms with Crippen molar-refractivity contribution in [1.82, 2.24) is 18.5 Å². The van der Waals surface area contributed by atoms with Gasteiger partial charge >= 0.3 is 0 Å². The number of hydrogen-bond donors (Lipinski definition) is 1. The quantitative estimate of drug-likeness (QED) is 0.764. The number of sulfonamides is 1. The van der Waals surface area contributed by atoms with Crippen LogP contribution in [0.15, 0.2) is 35.5 Å². The summed E-state index contributed by atoms with van der Waals surface area (Å²) in [4.78, 5) is 0.135. The van der Waals surface area contributed by atoms with Crippen LogP contribution in [0.25, 0.3) is 11.0 Å². The second-order valence-electron chi connectivity index (χ2n) is 5.74. The normalized spacial score (nSPS) is 15.7. The first-order chi connectivity index (χ1) is 11.1. The van der Waals surface area contributed by atoms with Crippen LogP contribution in [0.4, 0.5) is 5.69 Å². The van der Waals surface area contributed by atoms with E-state index in [1.807, 2.05) is 0 Å². The van der Waals surface area contributed by atoms with E-state index in [9.17, 15) is 8.42 Å². The molecule has 1 saturated carbocycles. The molecule has 23 heavy (non-hydrogen) atoms. The Morgan fingerprint density at radius 3 is 2.96 bits per heavy atom. The van der Waals surface area contributed by atoms with Gasteiger partial charge < -0.3 is 0 Å². The lowest BCUT2D eigenvalue weighted by atomic mass is 9.85. The molecule has 1 aromatic carbocycles. The van der Waals surface area contributed by atoms with Crippen molar-refractivity contribution in [1.29, 1.82) is 0 Å². The van der Waals surface area contributed by atoms with E-state index < -0.39 is 10.0 Å². The van der Waals surface area contributed by atoms with Crippen molar-refractivity contribution in [2.45, 2.75) is 30.7 Å². The molecule has 1 fully saturated rings. The topological polar surface area (TPSA) is 89.8 Å². The molecule has 1 N–H and O–H groups in total. The Balaban J connectivity index is 1.58.